The quantitative estimate of drug-likeness (QED) is 0.200. The molecule has 3 fully saturated rings. The van der Waals surface area contributed by atoms with E-state index in [0.717, 1.165) is 35.7 Å². The van der Waals surface area contributed by atoms with Crippen LogP contribution in [0.4, 0.5) is 0 Å². The summed E-state index contributed by atoms with van der Waals surface area (Å²) >= 11 is 3.73. The zero-order chi connectivity index (χ0) is 23.7. The molecule has 4 unspecified atom stereocenters. The molecule has 2 bridgehead atoms. The van der Waals surface area contributed by atoms with E-state index in [9.17, 15) is 0 Å². The second-order valence-corrected chi connectivity index (χ2v) is 10.9. The van der Waals surface area contributed by atoms with Gasteiger partial charge < -0.3 is 9.22 Å². The Morgan fingerprint density at radius 3 is 2.79 bits per heavy atom. The Balaban J connectivity index is 1.48. The summed E-state index contributed by atoms with van der Waals surface area (Å²) in [4.78, 5) is 0. The molecule has 0 N–H and O–H groups in total. The van der Waals surface area contributed by atoms with Crippen molar-refractivity contribution in [2.24, 2.45) is 11.8 Å². The lowest BCUT2D eigenvalue weighted by Crippen LogP contribution is -2.67. The van der Waals surface area contributed by atoms with Crippen molar-refractivity contribution >= 4 is 26.8 Å². The minimum Gasteiger partial charge on any atom is -0.497 e. The van der Waals surface area contributed by atoms with E-state index in [1.807, 2.05) is 6.07 Å². The molecular formula is C30H35BrN2O+2. The van der Waals surface area contributed by atoms with Gasteiger partial charge in [-0.1, -0.05) is 40.7 Å². The van der Waals surface area contributed by atoms with Crippen molar-refractivity contribution in [1.82, 2.24) is 0 Å². The molecule has 1 aromatic heterocycles. The third kappa shape index (κ3) is 4.23. The fourth-order valence-corrected chi connectivity index (χ4v) is 6.88. The van der Waals surface area contributed by atoms with Gasteiger partial charge in [-0.2, -0.15) is 4.57 Å². The maximum atomic E-state index is 5.46. The number of rotatable bonds is 8. The fourth-order valence-electron chi connectivity index (χ4n) is 6.51. The predicted molar refractivity (Wildman–Crippen MR) is 143 cm³/mol. The molecule has 176 valence electrons. The number of quaternary nitrogens is 1. The standard InChI is InChI=1S/C30H35BrN2O/c1-4-15-33-16-13-23(22(5-2)21-33)17-26(33)18-24-12-14-32(30-9-7-6-8-28(24)30)20-25-19-27(34-3)10-11-29(25)31/h4-12,14,19,22-23,26H,1-2,13,15-18,20-21H2,3H3/q+2. The van der Waals surface area contributed by atoms with E-state index in [1.165, 1.54) is 52.4 Å². The Labute approximate surface area is 212 Å². The van der Waals surface area contributed by atoms with Gasteiger partial charge in [0.1, 0.15) is 5.75 Å². The first-order chi connectivity index (χ1) is 16.6. The Kier molecular flexibility index (Phi) is 6.63. The van der Waals surface area contributed by atoms with Crippen molar-refractivity contribution in [1.29, 1.82) is 0 Å². The summed E-state index contributed by atoms with van der Waals surface area (Å²) in [7, 11) is 1.72. The summed E-state index contributed by atoms with van der Waals surface area (Å²) in [6.07, 6.45) is 10.4. The second kappa shape index (κ2) is 9.67. The number of para-hydroxylation sites is 1. The van der Waals surface area contributed by atoms with Gasteiger partial charge in [0.15, 0.2) is 12.7 Å². The molecule has 6 rings (SSSR count). The lowest BCUT2D eigenvalue weighted by Gasteiger charge is -2.57. The topological polar surface area (TPSA) is 13.1 Å². The van der Waals surface area contributed by atoms with E-state index in [-0.39, 0.29) is 0 Å². The van der Waals surface area contributed by atoms with E-state index in [0.29, 0.717) is 12.0 Å². The van der Waals surface area contributed by atoms with Gasteiger partial charge in [-0.3, -0.25) is 0 Å². The summed E-state index contributed by atoms with van der Waals surface area (Å²) < 4.78 is 10.1. The van der Waals surface area contributed by atoms with Crippen LogP contribution >= 0.6 is 15.9 Å². The number of halogens is 1. The smallest absolute Gasteiger partial charge is 0.213 e. The molecule has 4 heterocycles. The van der Waals surface area contributed by atoms with Crippen LogP contribution in [0.5, 0.6) is 5.75 Å². The number of nitrogens with zero attached hydrogens (tertiary/aromatic N) is 2. The van der Waals surface area contributed by atoms with Crippen LogP contribution in [0.1, 0.15) is 24.0 Å². The van der Waals surface area contributed by atoms with E-state index in [4.69, 9.17) is 4.74 Å². The minimum atomic E-state index is 0.653. The molecule has 34 heavy (non-hydrogen) atoms. The second-order valence-electron chi connectivity index (χ2n) is 10.1. The highest BCUT2D eigenvalue weighted by atomic mass is 79.9. The molecule has 3 aliphatic rings. The van der Waals surface area contributed by atoms with E-state index in [2.05, 4.69) is 94.5 Å². The predicted octanol–water partition coefficient (Wildman–Crippen LogP) is 6.09. The van der Waals surface area contributed by atoms with Crippen LogP contribution in [0, 0.1) is 11.8 Å². The van der Waals surface area contributed by atoms with Gasteiger partial charge in [0.05, 0.1) is 32.8 Å². The first-order valence-electron chi connectivity index (χ1n) is 12.4. The van der Waals surface area contributed by atoms with Crippen LogP contribution in [-0.2, 0) is 13.0 Å². The molecule has 0 spiro atoms. The number of hydrogen-bond donors (Lipinski definition) is 0. The molecule has 0 amide bonds. The van der Waals surface area contributed by atoms with Crippen LogP contribution in [0.2, 0.25) is 0 Å². The van der Waals surface area contributed by atoms with Crippen molar-refractivity contribution in [3.8, 4) is 5.75 Å². The average Bonchev–Trinajstić information content (AvgIpc) is 2.87. The highest BCUT2D eigenvalue weighted by molar-refractivity contribution is 9.10. The molecule has 3 aromatic rings. The molecule has 3 aliphatic heterocycles. The average molecular weight is 520 g/mol. The molecule has 4 atom stereocenters. The molecule has 0 aliphatic carbocycles. The molecule has 3 nitrogen and oxygen atoms in total. The lowest BCUT2D eigenvalue weighted by molar-refractivity contribution is -0.964. The van der Waals surface area contributed by atoms with Gasteiger partial charge in [-0.05, 0) is 41.8 Å². The lowest BCUT2D eigenvalue weighted by atomic mass is 9.72. The van der Waals surface area contributed by atoms with Crippen molar-refractivity contribution in [2.75, 3.05) is 26.7 Å². The van der Waals surface area contributed by atoms with Crippen molar-refractivity contribution < 1.29 is 13.8 Å². The molecule has 0 radical (unpaired) electrons. The number of piperidine rings is 3. The molecule has 2 aromatic carbocycles. The van der Waals surface area contributed by atoms with Gasteiger partial charge in [0.25, 0.3) is 0 Å². The number of ether oxygens (including phenoxy) is 1. The van der Waals surface area contributed by atoms with Gasteiger partial charge >= 0.3 is 0 Å². The van der Waals surface area contributed by atoms with Gasteiger partial charge in [-0.15, -0.1) is 6.58 Å². The van der Waals surface area contributed by atoms with E-state index < -0.39 is 0 Å². The number of benzene rings is 2. The number of fused-ring (bicyclic) bond motifs is 4. The number of aromatic nitrogens is 1. The van der Waals surface area contributed by atoms with Crippen LogP contribution in [0.3, 0.4) is 0 Å². The van der Waals surface area contributed by atoms with Gasteiger partial charge in [-0.25, -0.2) is 0 Å². The Morgan fingerprint density at radius 2 is 2.00 bits per heavy atom. The summed E-state index contributed by atoms with van der Waals surface area (Å²) in [6, 6.07) is 18.1. The third-order valence-corrected chi connectivity index (χ3v) is 9.11. The molecule has 3 saturated heterocycles. The number of pyridine rings is 1. The van der Waals surface area contributed by atoms with E-state index in [1.54, 1.807) is 7.11 Å². The Bertz CT molecular complexity index is 1220. The third-order valence-electron chi connectivity index (χ3n) is 8.33. The maximum absolute atomic E-state index is 5.46. The Morgan fingerprint density at radius 1 is 1.15 bits per heavy atom. The Hall–Kier alpha value is -2.43. The summed E-state index contributed by atoms with van der Waals surface area (Å²) in [6.45, 7) is 12.6. The summed E-state index contributed by atoms with van der Waals surface area (Å²) in [5, 5.41) is 1.36. The zero-order valence-corrected chi connectivity index (χ0v) is 21.7. The zero-order valence-electron chi connectivity index (χ0n) is 20.1. The normalized spacial score (nSPS) is 25.9. The van der Waals surface area contributed by atoms with Crippen molar-refractivity contribution in [2.45, 2.75) is 31.8 Å². The minimum absolute atomic E-state index is 0.653. The number of methoxy groups -OCH3 is 1. The first-order valence-corrected chi connectivity index (χ1v) is 13.2. The van der Waals surface area contributed by atoms with Crippen LogP contribution in [-0.4, -0.2) is 37.3 Å². The SMILES string of the molecule is C=CC[N+]12CCC(CC1Cc1cc[n+](Cc3cc(OC)ccc3Br)c3ccccc13)C(C=C)C2. The number of hydrogen-bond acceptors (Lipinski definition) is 1. The van der Waals surface area contributed by atoms with Crippen LogP contribution in [0.15, 0.2) is 84.5 Å². The van der Waals surface area contributed by atoms with Crippen LogP contribution < -0.4 is 9.30 Å². The maximum Gasteiger partial charge on any atom is 0.213 e. The van der Waals surface area contributed by atoms with Gasteiger partial charge in [0, 0.05) is 52.7 Å². The summed E-state index contributed by atoms with van der Waals surface area (Å²) in [5.41, 5.74) is 3.96. The highest BCUT2D eigenvalue weighted by Crippen LogP contribution is 2.43. The van der Waals surface area contributed by atoms with Crippen molar-refractivity contribution in [3.05, 3.63) is 95.6 Å². The first kappa shape index (κ1) is 23.3. The van der Waals surface area contributed by atoms with E-state index >= 15 is 0 Å². The molecule has 4 heteroatoms. The highest BCUT2D eigenvalue weighted by Gasteiger charge is 2.50. The molecular weight excluding hydrogens is 484 g/mol. The molecule has 0 saturated carbocycles. The van der Waals surface area contributed by atoms with Crippen molar-refractivity contribution in [3.63, 3.8) is 0 Å². The van der Waals surface area contributed by atoms with Crippen LogP contribution in [0.25, 0.3) is 10.9 Å². The largest absolute Gasteiger partial charge is 0.497 e. The monoisotopic (exact) mass is 518 g/mol. The fraction of sp³-hybridized carbons (Fsp3) is 0.367. The van der Waals surface area contributed by atoms with Gasteiger partial charge in [0.2, 0.25) is 5.52 Å². The summed E-state index contributed by atoms with van der Waals surface area (Å²) in [5.74, 6) is 2.33.